The molecule has 1 heterocycles. The highest BCUT2D eigenvalue weighted by molar-refractivity contribution is 14.1. The van der Waals surface area contributed by atoms with Crippen molar-refractivity contribution in [3.8, 4) is 0 Å². The van der Waals surface area contributed by atoms with Crippen molar-refractivity contribution in [3.63, 3.8) is 0 Å². The summed E-state index contributed by atoms with van der Waals surface area (Å²) in [6.45, 7) is 5.69. The molecule has 4 rings (SSSR count). The third-order valence-corrected chi connectivity index (χ3v) is 6.47. The van der Waals surface area contributed by atoms with Crippen LogP contribution < -0.4 is 15.5 Å². The first-order valence-electron chi connectivity index (χ1n) is 10.5. The maximum atomic E-state index is 13.1. The number of anilines is 3. The van der Waals surface area contributed by atoms with E-state index in [0.29, 0.717) is 16.9 Å². The summed E-state index contributed by atoms with van der Waals surface area (Å²) in [5.74, 6) is -1.44. The van der Waals surface area contributed by atoms with Crippen LogP contribution >= 0.6 is 34.2 Å². The van der Waals surface area contributed by atoms with Crippen LogP contribution in [0.25, 0.3) is 0 Å². The van der Waals surface area contributed by atoms with Gasteiger partial charge in [0.25, 0.3) is 17.7 Å². The van der Waals surface area contributed by atoms with E-state index in [0.717, 1.165) is 30.8 Å². The van der Waals surface area contributed by atoms with Crippen LogP contribution in [-0.2, 0) is 9.59 Å². The average molecular weight is 586 g/mol. The van der Waals surface area contributed by atoms with Gasteiger partial charge in [-0.05, 0) is 97.0 Å². The van der Waals surface area contributed by atoms with Crippen molar-refractivity contribution in [2.24, 2.45) is 0 Å². The Morgan fingerprint density at radius 1 is 0.912 bits per heavy atom. The second kappa shape index (κ2) is 9.60. The molecule has 1 aliphatic rings. The lowest BCUT2D eigenvalue weighted by molar-refractivity contribution is -0.120. The Morgan fingerprint density at radius 2 is 1.68 bits per heavy atom. The van der Waals surface area contributed by atoms with Crippen molar-refractivity contribution in [2.75, 3.05) is 15.5 Å². The summed E-state index contributed by atoms with van der Waals surface area (Å²) < 4.78 is 1.08. The van der Waals surface area contributed by atoms with Crippen molar-refractivity contribution >= 4 is 69.0 Å². The minimum absolute atomic E-state index is 0.0299. The van der Waals surface area contributed by atoms with E-state index >= 15 is 0 Å². The summed E-state index contributed by atoms with van der Waals surface area (Å²) in [5.41, 5.74) is 4.79. The molecule has 0 spiro atoms. The highest BCUT2D eigenvalue weighted by Gasteiger charge is 2.39. The average Bonchev–Trinajstić information content (AvgIpc) is 2.99. The Balaban J connectivity index is 1.56. The van der Waals surface area contributed by atoms with Crippen LogP contribution in [0, 0.1) is 24.3 Å². The van der Waals surface area contributed by atoms with Crippen molar-refractivity contribution in [1.29, 1.82) is 0 Å². The number of amides is 3. The zero-order valence-electron chi connectivity index (χ0n) is 18.7. The number of nitrogens with one attached hydrogen (secondary N) is 2. The van der Waals surface area contributed by atoms with E-state index in [4.69, 9.17) is 11.6 Å². The fourth-order valence-corrected chi connectivity index (χ4v) is 4.59. The van der Waals surface area contributed by atoms with Gasteiger partial charge in [-0.3, -0.25) is 14.4 Å². The maximum Gasteiger partial charge on any atom is 0.283 e. The number of benzene rings is 3. The van der Waals surface area contributed by atoms with Gasteiger partial charge in [-0.15, -0.1) is 0 Å². The predicted molar refractivity (Wildman–Crippen MR) is 143 cm³/mol. The summed E-state index contributed by atoms with van der Waals surface area (Å²) in [4.78, 5) is 39.8. The third kappa shape index (κ3) is 4.71. The number of carbonyl (C=O) groups is 3. The molecule has 8 heteroatoms. The van der Waals surface area contributed by atoms with E-state index in [1.807, 2.05) is 51.1 Å². The van der Waals surface area contributed by atoms with Crippen LogP contribution in [-0.4, -0.2) is 17.7 Å². The molecule has 0 unspecified atom stereocenters. The van der Waals surface area contributed by atoms with Crippen LogP contribution in [0.4, 0.5) is 17.1 Å². The Labute approximate surface area is 216 Å². The topological polar surface area (TPSA) is 78.5 Å². The third-order valence-electron chi connectivity index (χ3n) is 5.45. The molecule has 3 amide bonds. The van der Waals surface area contributed by atoms with E-state index in [-0.39, 0.29) is 16.6 Å². The number of aryl methyl sites for hydroxylation is 3. The highest BCUT2D eigenvalue weighted by atomic mass is 127. The first-order chi connectivity index (χ1) is 16.2. The molecular weight excluding hydrogens is 565 g/mol. The molecule has 0 atom stereocenters. The smallest absolute Gasteiger partial charge is 0.283 e. The first-order valence-corrected chi connectivity index (χ1v) is 11.9. The largest absolute Gasteiger partial charge is 0.350 e. The minimum atomic E-state index is -0.593. The van der Waals surface area contributed by atoms with E-state index in [1.165, 1.54) is 0 Å². The Kier molecular flexibility index (Phi) is 6.77. The van der Waals surface area contributed by atoms with Crippen LogP contribution in [0.1, 0.15) is 27.0 Å². The number of hydrogen-bond acceptors (Lipinski definition) is 4. The van der Waals surface area contributed by atoms with Gasteiger partial charge < -0.3 is 10.6 Å². The molecule has 0 aromatic heterocycles. The van der Waals surface area contributed by atoms with Crippen molar-refractivity contribution in [2.45, 2.75) is 20.8 Å². The van der Waals surface area contributed by atoms with Gasteiger partial charge >= 0.3 is 0 Å². The molecular formula is C26H21ClIN3O3. The van der Waals surface area contributed by atoms with E-state index in [2.05, 4.69) is 33.2 Å². The SMILES string of the molecule is Cc1ccc(N2C(=O)C(Cl)=C(Nc3cccc(C(=O)Nc4ccc(I)cc4C)c3)C2=O)c(C)c1. The molecule has 0 bridgehead atoms. The van der Waals surface area contributed by atoms with Crippen LogP contribution in [0.15, 0.2) is 71.4 Å². The maximum absolute atomic E-state index is 13.1. The fraction of sp³-hybridized carbons (Fsp3) is 0.115. The monoisotopic (exact) mass is 585 g/mol. The molecule has 0 radical (unpaired) electrons. The van der Waals surface area contributed by atoms with Gasteiger partial charge in [-0.25, -0.2) is 4.90 Å². The Bertz CT molecular complexity index is 1380. The summed E-state index contributed by atoms with van der Waals surface area (Å²) in [5, 5.41) is 5.64. The van der Waals surface area contributed by atoms with E-state index in [9.17, 15) is 14.4 Å². The summed E-state index contributed by atoms with van der Waals surface area (Å²) >= 11 is 8.48. The summed E-state index contributed by atoms with van der Waals surface area (Å²) in [7, 11) is 0. The van der Waals surface area contributed by atoms with Crippen LogP contribution in [0.5, 0.6) is 0 Å². The Hall–Kier alpha value is -3.17. The molecule has 2 N–H and O–H groups in total. The summed E-state index contributed by atoms with van der Waals surface area (Å²) in [6, 6.07) is 17.9. The van der Waals surface area contributed by atoms with Crippen molar-refractivity contribution < 1.29 is 14.4 Å². The first kappa shape index (κ1) is 24.0. The second-order valence-corrected chi connectivity index (χ2v) is 9.67. The van der Waals surface area contributed by atoms with Gasteiger partial charge in [0.15, 0.2) is 0 Å². The molecule has 0 aliphatic carbocycles. The van der Waals surface area contributed by atoms with Gasteiger partial charge in [-0.2, -0.15) is 0 Å². The molecule has 1 aliphatic heterocycles. The number of halogens is 2. The Morgan fingerprint density at radius 3 is 2.38 bits per heavy atom. The number of rotatable bonds is 5. The molecule has 0 saturated heterocycles. The summed E-state index contributed by atoms with van der Waals surface area (Å²) in [6.07, 6.45) is 0. The molecule has 0 fully saturated rings. The highest BCUT2D eigenvalue weighted by Crippen LogP contribution is 2.32. The molecule has 34 heavy (non-hydrogen) atoms. The quantitative estimate of drug-likeness (QED) is 0.289. The van der Waals surface area contributed by atoms with Gasteiger partial charge in [0.1, 0.15) is 10.7 Å². The van der Waals surface area contributed by atoms with Gasteiger partial charge in [0.05, 0.1) is 5.69 Å². The lowest BCUT2D eigenvalue weighted by Crippen LogP contribution is -2.32. The van der Waals surface area contributed by atoms with Crippen molar-refractivity contribution in [1.82, 2.24) is 0 Å². The molecule has 3 aromatic carbocycles. The lowest BCUT2D eigenvalue weighted by atomic mass is 10.1. The number of carbonyl (C=O) groups excluding carboxylic acids is 3. The van der Waals surface area contributed by atoms with E-state index < -0.39 is 11.8 Å². The molecule has 172 valence electrons. The predicted octanol–water partition coefficient (Wildman–Crippen LogP) is 5.90. The standard InChI is InChI=1S/C26H21ClIN3O3/c1-14-7-10-21(16(3)11-14)31-25(33)22(27)23(26(31)34)29-19-6-4-5-17(13-19)24(32)30-20-9-8-18(28)12-15(20)2/h4-13,29H,1-3H3,(H,30,32). The van der Waals surface area contributed by atoms with Crippen LogP contribution in [0.2, 0.25) is 0 Å². The molecule has 3 aromatic rings. The number of imide groups is 1. The van der Waals surface area contributed by atoms with E-state index in [1.54, 1.807) is 30.3 Å². The zero-order chi connectivity index (χ0) is 24.6. The normalized spacial score (nSPS) is 13.5. The van der Waals surface area contributed by atoms with Crippen LogP contribution in [0.3, 0.4) is 0 Å². The second-order valence-electron chi connectivity index (χ2n) is 8.04. The van der Waals surface area contributed by atoms with Gasteiger partial charge in [0.2, 0.25) is 0 Å². The fourth-order valence-electron chi connectivity index (χ4n) is 3.73. The van der Waals surface area contributed by atoms with Gasteiger partial charge in [0, 0.05) is 20.5 Å². The zero-order valence-corrected chi connectivity index (χ0v) is 21.6. The number of hydrogen-bond donors (Lipinski definition) is 2. The van der Waals surface area contributed by atoms with Gasteiger partial charge in [-0.1, -0.05) is 35.4 Å². The molecule has 0 saturated carbocycles. The van der Waals surface area contributed by atoms with Crippen molar-refractivity contribution in [3.05, 3.63) is 97.2 Å². The lowest BCUT2D eigenvalue weighted by Gasteiger charge is -2.18. The minimum Gasteiger partial charge on any atom is -0.350 e. The number of nitrogens with zero attached hydrogens (tertiary/aromatic N) is 1. The molecule has 6 nitrogen and oxygen atoms in total.